The third-order valence-electron chi connectivity index (χ3n) is 2.32. The summed E-state index contributed by atoms with van der Waals surface area (Å²) in [5.74, 6) is 1.37. The zero-order valence-corrected chi connectivity index (χ0v) is 10.8. The van der Waals surface area contributed by atoms with E-state index in [2.05, 4.69) is 5.32 Å². The first-order valence-electron chi connectivity index (χ1n) is 6.10. The number of amides is 1. The van der Waals surface area contributed by atoms with E-state index in [0.717, 1.165) is 11.3 Å². The lowest BCUT2D eigenvalue weighted by Crippen LogP contribution is -2.23. The largest absolute Gasteiger partial charge is 0.494 e. The van der Waals surface area contributed by atoms with Gasteiger partial charge in [0.05, 0.1) is 6.61 Å². The van der Waals surface area contributed by atoms with Crippen molar-refractivity contribution in [3.05, 3.63) is 29.8 Å². The fraction of sp³-hybridized carbons (Fsp3) is 0.500. The van der Waals surface area contributed by atoms with Crippen molar-refractivity contribution >= 4 is 5.91 Å². The van der Waals surface area contributed by atoms with Gasteiger partial charge >= 0.3 is 0 Å². The van der Waals surface area contributed by atoms with E-state index < -0.39 is 0 Å². The fourth-order valence-corrected chi connectivity index (χ4v) is 1.51. The van der Waals surface area contributed by atoms with Crippen molar-refractivity contribution in [1.82, 2.24) is 5.32 Å². The molecule has 1 amide bonds. The summed E-state index contributed by atoms with van der Waals surface area (Å²) in [4.78, 5) is 11.5. The second-order valence-electron chi connectivity index (χ2n) is 4.45. The van der Waals surface area contributed by atoms with Gasteiger partial charge in [-0.1, -0.05) is 26.0 Å². The van der Waals surface area contributed by atoms with Crippen molar-refractivity contribution < 1.29 is 11.0 Å². The first kappa shape index (κ1) is 13.6. The Balaban J connectivity index is 0.00000289. The molecule has 0 saturated heterocycles. The van der Waals surface area contributed by atoms with Crippen molar-refractivity contribution in [1.29, 1.82) is 0 Å². The summed E-state index contributed by atoms with van der Waals surface area (Å²) in [5.41, 5.74) is 1.09. The smallest absolute Gasteiger partial charge is 0.220 e. The van der Waals surface area contributed by atoms with E-state index in [-0.39, 0.29) is 7.33 Å². The molecule has 1 aromatic rings. The maximum atomic E-state index is 11.5. The summed E-state index contributed by atoms with van der Waals surface area (Å²) in [5, 5.41) is 2.90. The van der Waals surface area contributed by atoms with E-state index in [1.807, 2.05) is 45.0 Å². The van der Waals surface area contributed by atoms with Crippen LogP contribution in [0, 0.1) is 5.92 Å². The molecule has 1 aromatic carbocycles. The topological polar surface area (TPSA) is 38.3 Å². The first-order valence-corrected chi connectivity index (χ1v) is 6.10. The normalized spacial score (nSPS) is 10.4. The molecule has 0 unspecified atom stereocenters. The Morgan fingerprint density at radius 3 is 2.53 bits per heavy atom. The van der Waals surface area contributed by atoms with Crippen LogP contribution >= 0.6 is 0 Å². The fourth-order valence-electron chi connectivity index (χ4n) is 1.51. The quantitative estimate of drug-likeness (QED) is 0.826. The van der Waals surface area contributed by atoms with Gasteiger partial charge in [-0.25, -0.2) is 0 Å². The Labute approximate surface area is 105 Å². The number of carbonyl (C=O) groups is 1. The minimum atomic E-state index is 0. The van der Waals surface area contributed by atoms with Crippen LogP contribution in [-0.2, 0) is 11.3 Å². The van der Waals surface area contributed by atoms with Crippen LogP contribution in [0.3, 0.4) is 0 Å². The highest BCUT2D eigenvalue weighted by Crippen LogP contribution is 2.11. The monoisotopic (exact) mass is 237 g/mol. The van der Waals surface area contributed by atoms with Crippen LogP contribution in [0.25, 0.3) is 0 Å². The molecule has 3 nitrogen and oxygen atoms in total. The number of nitrogens with one attached hydrogen (secondary N) is 1. The lowest BCUT2D eigenvalue weighted by Gasteiger charge is -2.08. The van der Waals surface area contributed by atoms with Gasteiger partial charge in [0.15, 0.2) is 0 Å². The maximum absolute atomic E-state index is 11.5. The third-order valence-corrected chi connectivity index (χ3v) is 2.32. The molecule has 17 heavy (non-hydrogen) atoms. The predicted octanol–water partition coefficient (Wildman–Crippen LogP) is 2.99. The molecule has 0 heterocycles. The molecule has 0 radical (unpaired) electrons. The molecule has 3 heteroatoms. The minimum Gasteiger partial charge on any atom is -0.494 e. The van der Waals surface area contributed by atoms with E-state index in [0.29, 0.717) is 25.5 Å². The average Bonchev–Trinajstić information content (AvgIpc) is 2.28. The Bertz CT molecular complexity index is 349. The minimum absolute atomic E-state index is 0. The highest BCUT2D eigenvalue weighted by Gasteiger charge is 2.04. The Kier molecular flexibility index (Phi) is 5.53. The second-order valence-corrected chi connectivity index (χ2v) is 4.45. The van der Waals surface area contributed by atoms with Crippen LogP contribution in [0.4, 0.5) is 0 Å². The zero-order valence-electron chi connectivity index (χ0n) is 10.8. The van der Waals surface area contributed by atoms with E-state index in [1.54, 1.807) is 0 Å². The standard InChI is InChI=1S/C14H21NO2.H2/c1-4-17-13-7-5-12(6-8-13)10-15-14(16)9-11(2)3;/h5-8,11H,4,9-10H2,1-3H3,(H,15,16);1H. The van der Waals surface area contributed by atoms with Crippen LogP contribution in [0.5, 0.6) is 5.75 Å². The second kappa shape index (κ2) is 6.94. The van der Waals surface area contributed by atoms with Gasteiger partial charge in [0.2, 0.25) is 5.91 Å². The van der Waals surface area contributed by atoms with Crippen LogP contribution in [0.2, 0.25) is 0 Å². The molecule has 1 rings (SSSR count). The van der Waals surface area contributed by atoms with Crippen molar-refractivity contribution in [3.8, 4) is 5.75 Å². The number of hydrogen-bond acceptors (Lipinski definition) is 2. The third kappa shape index (κ3) is 5.38. The molecule has 0 aliphatic heterocycles. The Morgan fingerprint density at radius 2 is 2.00 bits per heavy atom. The molecule has 0 aliphatic rings. The molecular weight excluding hydrogens is 214 g/mol. The van der Waals surface area contributed by atoms with Gasteiger partial charge in [0, 0.05) is 14.4 Å². The molecule has 0 spiro atoms. The molecule has 0 aromatic heterocycles. The van der Waals surface area contributed by atoms with Gasteiger partial charge in [-0.15, -0.1) is 0 Å². The summed E-state index contributed by atoms with van der Waals surface area (Å²) >= 11 is 0. The molecule has 0 saturated carbocycles. The lowest BCUT2D eigenvalue weighted by atomic mass is 10.1. The number of ether oxygens (including phenoxy) is 1. The zero-order chi connectivity index (χ0) is 12.7. The maximum Gasteiger partial charge on any atom is 0.220 e. The van der Waals surface area contributed by atoms with Crippen molar-refractivity contribution in [3.63, 3.8) is 0 Å². The predicted molar refractivity (Wildman–Crippen MR) is 71.0 cm³/mol. The molecular formula is C14H23NO2. The highest BCUT2D eigenvalue weighted by molar-refractivity contribution is 5.76. The number of carbonyl (C=O) groups excluding carboxylic acids is 1. The van der Waals surface area contributed by atoms with Gasteiger partial charge in [0.25, 0.3) is 0 Å². The van der Waals surface area contributed by atoms with Gasteiger partial charge in [-0.2, -0.15) is 0 Å². The summed E-state index contributed by atoms with van der Waals surface area (Å²) in [6, 6.07) is 7.79. The Hall–Kier alpha value is -1.51. The molecule has 96 valence electrons. The number of rotatable bonds is 6. The molecule has 1 N–H and O–H groups in total. The molecule has 0 atom stereocenters. The van der Waals surface area contributed by atoms with E-state index >= 15 is 0 Å². The van der Waals surface area contributed by atoms with Crippen LogP contribution in [0.15, 0.2) is 24.3 Å². The van der Waals surface area contributed by atoms with Gasteiger partial charge in [0.1, 0.15) is 5.75 Å². The van der Waals surface area contributed by atoms with Crippen LogP contribution in [0.1, 0.15) is 34.2 Å². The van der Waals surface area contributed by atoms with Crippen molar-refractivity contribution in [2.24, 2.45) is 5.92 Å². The highest BCUT2D eigenvalue weighted by atomic mass is 16.5. The van der Waals surface area contributed by atoms with E-state index in [9.17, 15) is 4.79 Å². The SMILES string of the molecule is CCOc1ccc(CNC(=O)CC(C)C)cc1.[HH]. The van der Waals surface area contributed by atoms with Gasteiger partial charge < -0.3 is 10.1 Å². The van der Waals surface area contributed by atoms with Gasteiger partial charge in [-0.3, -0.25) is 4.79 Å². The summed E-state index contributed by atoms with van der Waals surface area (Å²) < 4.78 is 5.35. The molecule has 0 bridgehead atoms. The first-order chi connectivity index (χ1) is 8.11. The number of benzene rings is 1. The molecule has 0 fully saturated rings. The van der Waals surface area contributed by atoms with Crippen LogP contribution in [-0.4, -0.2) is 12.5 Å². The lowest BCUT2D eigenvalue weighted by molar-refractivity contribution is -0.121. The van der Waals surface area contributed by atoms with Crippen LogP contribution < -0.4 is 10.1 Å². The van der Waals surface area contributed by atoms with Crippen molar-refractivity contribution in [2.45, 2.75) is 33.7 Å². The van der Waals surface area contributed by atoms with Gasteiger partial charge in [-0.05, 0) is 30.5 Å². The van der Waals surface area contributed by atoms with E-state index in [4.69, 9.17) is 4.74 Å². The van der Waals surface area contributed by atoms with Crippen molar-refractivity contribution in [2.75, 3.05) is 6.61 Å². The summed E-state index contributed by atoms with van der Waals surface area (Å²) in [7, 11) is 0. The van der Waals surface area contributed by atoms with E-state index in [1.165, 1.54) is 0 Å². The number of hydrogen-bond donors (Lipinski definition) is 1. The summed E-state index contributed by atoms with van der Waals surface area (Å²) in [6.45, 7) is 7.29. The Morgan fingerprint density at radius 1 is 1.35 bits per heavy atom. The average molecular weight is 237 g/mol. The molecule has 0 aliphatic carbocycles. The summed E-state index contributed by atoms with van der Waals surface area (Å²) in [6.07, 6.45) is 0.580.